The molecule has 0 heterocycles. The quantitative estimate of drug-likeness (QED) is 0.819. The van der Waals surface area contributed by atoms with Crippen molar-refractivity contribution in [3.63, 3.8) is 0 Å². The summed E-state index contributed by atoms with van der Waals surface area (Å²) in [5.74, 6) is 0. The number of hydrogen-bond donors (Lipinski definition) is 1. The monoisotopic (exact) mass is 264 g/mol. The molecule has 0 atom stereocenters. The maximum absolute atomic E-state index is 5.18. The van der Waals surface area contributed by atoms with Crippen LogP contribution in [-0.4, -0.2) is 24.1 Å². The number of nitrogens with zero attached hydrogens (tertiary/aromatic N) is 1. The van der Waals surface area contributed by atoms with Crippen LogP contribution in [0.2, 0.25) is 0 Å². The number of rotatable bonds is 2. The molecule has 0 saturated carbocycles. The van der Waals surface area contributed by atoms with Crippen LogP contribution in [-0.2, 0) is 0 Å². The van der Waals surface area contributed by atoms with E-state index in [1.807, 2.05) is 32.8 Å². The summed E-state index contributed by atoms with van der Waals surface area (Å²) in [6, 6.07) is 6.32. The highest BCUT2D eigenvalue weighted by Crippen LogP contribution is 2.20. The highest BCUT2D eigenvalue weighted by atomic mass is 32.1. The Morgan fingerprint density at radius 2 is 1.83 bits per heavy atom. The minimum atomic E-state index is 0.671. The van der Waals surface area contributed by atoms with Gasteiger partial charge in [-0.2, -0.15) is 0 Å². The van der Waals surface area contributed by atoms with E-state index in [9.17, 15) is 0 Å². The minimum absolute atomic E-state index is 0.671. The zero-order valence-corrected chi connectivity index (χ0v) is 13.1. The maximum Gasteiger partial charge on any atom is 0.172 e. The van der Waals surface area contributed by atoms with Crippen molar-refractivity contribution in [3.8, 4) is 0 Å². The van der Waals surface area contributed by atoms with Gasteiger partial charge in [0, 0.05) is 25.4 Å². The molecule has 0 fully saturated rings. The molecule has 100 valence electrons. The third-order valence-corrected chi connectivity index (χ3v) is 3.09. The van der Waals surface area contributed by atoms with Gasteiger partial charge in [-0.05, 0) is 31.6 Å². The van der Waals surface area contributed by atoms with E-state index >= 15 is 0 Å². The van der Waals surface area contributed by atoms with Crippen molar-refractivity contribution >= 4 is 23.0 Å². The normalized spacial score (nSPS) is 9.00. The van der Waals surface area contributed by atoms with E-state index in [2.05, 4.69) is 43.9 Å². The van der Waals surface area contributed by atoms with Gasteiger partial charge < -0.3 is 10.2 Å². The van der Waals surface area contributed by atoms with Gasteiger partial charge in [0.05, 0.1) is 0 Å². The van der Waals surface area contributed by atoms with Gasteiger partial charge in [0.2, 0.25) is 0 Å². The van der Waals surface area contributed by atoms with Gasteiger partial charge in [0.1, 0.15) is 0 Å². The average Bonchev–Trinajstić information content (AvgIpc) is 2.38. The molecule has 0 amide bonds. The predicted octanol–water partition coefficient (Wildman–Crippen LogP) is 3.74. The molecule has 0 aliphatic carbocycles. The highest BCUT2D eigenvalue weighted by molar-refractivity contribution is 7.80. The fraction of sp³-hybridized carbons (Fsp3) is 0.400. The van der Waals surface area contributed by atoms with Gasteiger partial charge >= 0.3 is 0 Å². The van der Waals surface area contributed by atoms with Crippen LogP contribution >= 0.6 is 12.2 Å². The van der Waals surface area contributed by atoms with Crippen molar-refractivity contribution in [2.45, 2.75) is 27.7 Å². The zero-order valence-electron chi connectivity index (χ0n) is 12.3. The SMILES string of the molecule is C=C(c1ccc(C)cc1C)N(C)C(=S)NC.CC. The number of hydrogen-bond acceptors (Lipinski definition) is 1. The molecule has 3 heteroatoms. The molecule has 1 aromatic rings. The van der Waals surface area contributed by atoms with Gasteiger partial charge in [0.15, 0.2) is 5.11 Å². The lowest BCUT2D eigenvalue weighted by molar-refractivity contribution is 0.703. The van der Waals surface area contributed by atoms with Gasteiger partial charge in [-0.25, -0.2) is 0 Å². The van der Waals surface area contributed by atoms with Crippen molar-refractivity contribution < 1.29 is 0 Å². The number of thiocarbonyl (C=S) groups is 1. The van der Waals surface area contributed by atoms with E-state index in [4.69, 9.17) is 12.2 Å². The number of benzene rings is 1. The van der Waals surface area contributed by atoms with Crippen LogP contribution in [0, 0.1) is 13.8 Å². The second-order valence-electron chi connectivity index (χ2n) is 3.88. The number of nitrogens with one attached hydrogen (secondary N) is 1. The molecule has 0 bridgehead atoms. The third-order valence-electron chi connectivity index (χ3n) is 2.62. The maximum atomic E-state index is 5.18. The molecule has 1 N–H and O–H groups in total. The average molecular weight is 264 g/mol. The molecule has 0 aromatic heterocycles. The van der Waals surface area contributed by atoms with E-state index in [-0.39, 0.29) is 0 Å². The molecular formula is C15H24N2S. The Kier molecular flexibility index (Phi) is 7.29. The van der Waals surface area contributed by atoms with Gasteiger partial charge in [0.25, 0.3) is 0 Å². The first kappa shape index (κ1) is 16.6. The van der Waals surface area contributed by atoms with Gasteiger partial charge in [-0.15, -0.1) is 0 Å². The van der Waals surface area contributed by atoms with Crippen LogP contribution in [0.15, 0.2) is 24.8 Å². The van der Waals surface area contributed by atoms with E-state index < -0.39 is 0 Å². The fourth-order valence-corrected chi connectivity index (χ4v) is 1.72. The summed E-state index contributed by atoms with van der Waals surface area (Å²) in [6.07, 6.45) is 0. The first-order valence-electron chi connectivity index (χ1n) is 6.19. The molecule has 1 rings (SSSR count). The molecule has 1 aromatic carbocycles. The van der Waals surface area contributed by atoms with Crippen molar-refractivity contribution in [3.05, 3.63) is 41.5 Å². The first-order valence-corrected chi connectivity index (χ1v) is 6.60. The molecule has 18 heavy (non-hydrogen) atoms. The van der Waals surface area contributed by atoms with Gasteiger partial charge in [-0.3, -0.25) is 0 Å². The summed E-state index contributed by atoms with van der Waals surface area (Å²) in [7, 11) is 3.73. The smallest absolute Gasteiger partial charge is 0.172 e. The molecular weight excluding hydrogens is 240 g/mol. The summed E-state index contributed by atoms with van der Waals surface area (Å²) in [5, 5.41) is 3.61. The van der Waals surface area contributed by atoms with E-state index in [1.54, 1.807) is 0 Å². The lowest BCUT2D eigenvalue weighted by Gasteiger charge is -2.23. The Labute approximate surface area is 117 Å². The third kappa shape index (κ3) is 4.15. The Morgan fingerprint density at radius 1 is 1.28 bits per heavy atom. The van der Waals surface area contributed by atoms with Crippen LogP contribution in [0.1, 0.15) is 30.5 Å². The molecule has 0 aliphatic rings. The molecule has 0 spiro atoms. The highest BCUT2D eigenvalue weighted by Gasteiger charge is 2.10. The largest absolute Gasteiger partial charge is 0.365 e. The summed E-state index contributed by atoms with van der Waals surface area (Å²) >= 11 is 5.18. The van der Waals surface area contributed by atoms with E-state index in [0.29, 0.717) is 5.11 Å². The Hall–Kier alpha value is -1.35. The van der Waals surface area contributed by atoms with Crippen LogP contribution in [0.5, 0.6) is 0 Å². The number of aryl methyl sites for hydroxylation is 2. The Bertz CT molecular complexity index is 425. The van der Waals surface area contributed by atoms with Gasteiger partial charge in [-0.1, -0.05) is 44.2 Å². The van der Waals surface area contributed by atoms with E-state index in [1.165, 1.54) is 11.1 Å². The molecule has 0 radical (unpaired) electrons. The summed E-state index contributed by atoms with van der Waals surface area (Å²) in [5.41, 5.74) is 4.52. The second kappa shape index (κ2) is 7.88. The van der Waals surface area contributed by atoms with Crippen molar-refractivity contribution in [2.24, 2.45) is 0 Å². The zero-order chi connectivity index (χ0) is 14.3. The standard InChI is InChI=1S/C13H18N2S.C2H6/c1-9-6-7-12(10(2)8-9)11(3)15(5)13(16)14-4;1-2/h6-8H,3H2,1-2,4-5H3,(H,14,16);1-2H3. The minimum Gasteiger partial charge on any atom is -0.365 e. The summed E-state index contributed by atoms with van der Waals surface area (Å²) in [4.78, 5) is 1.88. The van der Waals surface area contributed by atoms with Crippen LogP contribution in [0.4, 0.5) is 0 Å². The van der Waals surface area contributed by atoms with Crippen LogP contribution < -0.4 is 5.32 Å². The summed E-state index contributed by atoms with van der Waals surface area (Å²) < 4.78 is 0. The summed E-state index contributed by atoms with van der Waals surface area (Å²) in [6.45, 7) is 12.3. The molecule has 0 saturated heterocycles. The molecule has 2 nitrogen and oxygen atoms in total. The molecule has 0 aliphatic heterocycles. The molecule has 0 unspecified atom stereocenters. The lowest BCUT2D eigenvalue weighted by atomic mass is 10.0. The fourth-order valence-electron chi connectivity index (χ4n) is 1.61. The van der Waals surface area contributed by atoms with Crippen LogP contribution in [0.3, 0.4) is 0 Å². The second-order valence-corrected chi connectivity index (χ2v) is 4.27. The first-order chi connectivity index (χ1) is 8.47. The predicted molar refractivity (Wildman–Crippen MR) is 85.7 cm³/mol. The Morgan fingerprint density at radius 3 is 2.28 bits per heavy atom. The van der Waals surface area contributed by atoms with E-state index in [0.717, 1.165) is 11.3 Å². The van der Waals surface area contributed by atoms with Crippen molar-refractivity contribution in [2.75, 3.05) is 14.1 Å². The Balaban J connectivity index is 0.00000137. The van der Waals surface area contributed by atoms with Crippen molar-refractivity contribution in [1.82, 2.24) is 10.2 Å². The van der Waals surface area contributed by atoms with Crippen LogP contribution in [0.25, 0.3) is 5.70 Å². The van der Waals surface area contributed by atoms with Crippen molar-refractivity contribution in [1.29, 1.82) is 0 Å². The lowest BCUT2D eigenvalue weighted by Crippen LogP contribution is -2.33. The topological polar surface area (TPSA) is 15.3 Å².